The molecule has 3 heterocycles. The Hall–Kier alpha value is -6.55. The number of benzene rings is 7. The summed E-state index contributed by atoms with van der Waals surface area (Å²) in [6.45, 7) is 2.97. The fourth-order valence-corrected chi connectivity index (χ4v) is 9.27. The van der Waals surface area contributed by atoms with Gasteiger partial charge in [-0.05, 0) is 18.6 Å². The van der Waals surface area contributed by atoms with Gasteiger partial charge in [0.2, 0.25) is 0 Å². The minimum atomic E-state index is 0.610. The van der Waals surface area contributed by atoms with Crippen LogP contribution in [0, 0.1) is 22.9 Å². The molecule has 0 unspecified atom stereocenters. The molecule has 2 aromatic heterocycles. The second kappa shape index (κ2) is 15.4. The number of fused-ring (bicyclic) bond motifs is 2. The van der Waals surface area contributed by atoms with E-state index in [-0.39, 0.29) is 0 Å². The van der Waals surface area contributed by atoms with Gasteiger partial charge in [-0.3, -0.25) is 0 Å². The normalized spacial score (nSPS) is 12.4. The van der Waals surface area contributed by atoms with Crippen LogP contribution in [0.1, 0.15) is 17.5 Å². The van der Waals surface area contributed by atoms with Crippen molar-refractivity contribution in [1.82, 2.24) is 14.1 Å². The topological polar surface area (TPSA) is 35.2 Å². The Morgan fingerprint density at radius 3 is 1.84 bits per heavy atom. The van der Waals surface area contributed by atoms with E-state index < -0.39 is 0 Å². The van der Waals surface area contributed by atoms with E-state index in [2.05, 4.69) is 204 Å². The fraction of sp³-hybridized carbons (Fsp3) is 0.0769. The Balaban J connectivity index is 1.12. The van der Waals surface area contributed by atoms with Crippen LogP contribution in [-0.2, 0) is 25.8 Å². The number of para-hydroxylation sites is 3. The summed E-state index contributed by atoms with van der Waals surface area (Å²) in [6.07, 6.45) is 3.87. The van der Waals surface area contributed by atoms with Crippen molar-refractivity contribution in [3.05, 3.63) is 203 Å². The summed E-state index contributed by atoms with van der Waals surface area (Å²) in [6, 6.07) is 66.9. The molecular formula is C52H38N4OPt-2. The number of rotatable bonds is 8. The molecule has 9 aromatic rings. The number of imidazole rings is 1. The van der Waals surface area contributed by atoms with Gasteiger partial charge in [-0.25, -0.2) is 0 Å². The number of pyridine rings is 1. The van der Waals surface area contributed by atoms with Gasteiger partial charge in [-0.1, -0.05) is 6.07 Å². The van der Waals surface area contributed by atoms with Crippen LogP contribution in [0.4, 0.5) is 11.5 Å². The Morgan fingerprint density at radius 1 is 0.586 bits per heavy atom. The van der Waals surface area contributed by atoms with E-state index in [1.54, 1.807) is 0 Å². The van der Waals surface area contributed by atoms with Crippen molar-refractivity contribution in [2.24, 2.45) is 0 Å². The van der Waals surface area contributed by atoms with E-state index in [0.29, 0.717) is 11.5 Å². The van der Waals surface area contributed by atoms with Gasteiger partial charge in [-0.15, -0.1) is 0 Å². The second-order valence-corrected chi connectivity index (χ2v) is 15.5. The first-order valence-corrected chi connectivity index (χ1v) is 20.7. The minimum absolute atomic E-state index is 0.610. The van der Waals surface area contributed by atoms with E-state index in [9.17, 15) is 0 Å². The van der Waals surface area contributed by atoms with Gasteiger partial charge >= 0.3 is 321 Å². The zero-order valence-electron chi connectivity index (χ0n) is 31.9. The molecule has 58 heavy (non-hydrogen) atoms. The van der Waals surface area contributed by atoms with Gasteiger partial charge in [-0.2, -0.15) is 0 Å². The number of nitrogens with zero attached hydrogens (tertiary/aromatic N) is 4. The summed E-state index contributed by atoms with van der Waals surface area (Å²) in [7, 11) is 0. The Bertz CT molecular complexity index is 2930. The summed E-state index contributed by atoms with van der Waals surface area (Å²) in [5.41, 5.74) is 14.5. The Labute approximate surface area is 349 Å². The van der Waals surface area contributed by atoms with Gasteiger partial charge in [0.15, 0.2) is 0 Å². The predicted octanol–water partition coefficient (Wildman–Crippen LogP) is 12.7. The van der Waals surface area contributed by atoms with Crippen molar-refractivity contribution in [1.29, 1.82) is 0 Å². The molecular weight excluding hydrogens is 892 g/mol. The summed E-state index contributed by atoms with van der Waals surface area (Å²) in [4.78, 5) is 7.07. The van der Waals surface area contributed by atoms with Crippen LogP contribution in [0.2, 0.25) is 0 Å². The summed E-state index contributed by atoms with van der Waals surface area (Å²) < 4.78 is 12.5. The number of ether oxygens (including phenoxy) is 1. The second-order valence-electron chi connectivity index (χ2n) is 14.5. The third-order valence-electron chi connectivity index (χ3n) is 10.8. The SMILES string of the molecule is Cc1ccnc(N2CCCc3c2[c-]c(Oc2[c-]c(-n4[c](=[Pt])n(-c5c(-c6ccccc6)cccc5-c5ccccc5)c5ccccc54)ccc2)cc3-c2ccccc2)c1. The van der Waals surface area contributed by atoms with Crippen molar-refractivity contribution in [2.75, 3.05) is 11.4 Å². The fourth-order valence-electron chi connectivity index (χ4n) is 8.19. The summed E-state index contributed by atoms with van der Waals surface area (Å²) >= 11 is 2.48. The maximum atomic E-state index is 6.79. The molecule has 0 N–H and O–H groups in total. The van der Waals surface area contributed by atoms with Crippen molar-refractivity contribution in [3.8, 4) is 56.3 Å². The van der Waals surface area contributed by atoms with Crippen molar-refractivity contribution in [3.63, 3.8) is 0 Å². The molecule has 0 aliphatic carbocycles. The standard InChI is InChI=1S/C52H38N4O.Pt/c1-37-29-30-53-51(32-37)54-31-15-26-46-47(40-20-9-4-10-21-40)34-43(35-50(46)54)57-42-23-13-22-41(33-42)55-36-56(49-28-12-11-27-48(49)55)52-44(38-16-5-2-6-17-38)24-14-25-45(52)39-18-7-3-8-19-39;/h2-14,16-25,27-30,32,34H,15,26,31H2,1H3;/q-2;. The molecule has 5 nitrogen and oxygen atoms in total. The number of anilines is 2. The third-order valence-corrected chi connectivity index (χ3v) is 11.8. The average Bonchev–Trinajstić information content (AvgIpc) is 3.57. The first-order chi connectivity index (χ1) is 28.6. The quantitative estimate of drug-likeness (QED) is 0.142. The van der Waals surface area contributed by atoms with E-state index in [1.165, 1.54) is 11.1 Å². The molecule has 0 saturated carbocycles. The number of aryl methyl sites for hydroxylation is 1. The van der Waals surface area contributed by atoms with E-state index >= 15 is 0 Å². The summed E-state index contributed by atoms with van der Waals surface area (Å²) in [5, 5.41) is 0. The van der Waals surface area contributed by atoms with Crippen LogP contribution in [0.3, 0.4) is 0 Å². The molecule has 0 radical (unpaired) electrons. The molecule has 284 valence electrons. The monoisotopic (exact) mass is 929 g/mol. The molecule has 1 aliphatic heterocycles. The van der Waals surface area contributed by atoms with E-state index in [0.717, 1.165) is 90.5 Å². The van der Waals surface area contributed by atoms with E-state index in [4.69, 9.17) is 9.72 Å². The van der Waals surface area contributed by atoms with Crippen LogP contribution in [0.25, 0.3) is 55.8 Å². The molecule has 0 amide bonds. The number of aromatic nitrogens is 3. The van der Waals surface area contributed by atoms with Gasteiger partial charge in [0.05, 0.1) is 0 Å². The van der Waals surface area contributed by atoms with Gasteiger partial charge in [0.1, 0.15) is 0 Å². The third kappa shape index (κ3) is 6.62. The zero-order chi connectivity index (χ0) is 39.0. The first-order valence-electron chi connectivity index (χ1n) is 19.6. The van der Waals surface area contributed by atoms with Crippen LogP contribution >= 0.6 is 0 Å². The molecule has 0 atom stereocenters. The first kappa shape index (κ1) is 35.8. The molecule has 10 rings (SSSR count). The van der Waals surface area contributed by atoms with Crippen LogP contribution < -0.4 is 9.64 Å². The molecule has 7 aromatic carbocycles. The average molecular weight is 930 g/mol. The number of hydrogen-bond acceptors (Lipinski definition) is 3. The molecule has 0 spiro atoms. The van der Waals surface area contributed by atoms with Crippen LogP contribution in [0.5, 0.6) is 11.5 Å². The molecule has 0 fully saturated rings. The molecule has 0 bridgehead atoms. The predicted molar refractivity (Wildman–Crippen MR) is 231 cm³/mol. The van der Waals surface area contributed by atoms with Crippen molar-refractivity contribution >= 4 is 22.5 Å². The summed E-state index contributed by atoms with van der Waals surface area (Å²) in [5.74, 6) is 2.17. The van der Waals surface area contributed by atoms with Gasteiger partial charge in [0.25, 0.3) is 0 Å². The zero-order valence-corrected chi connectivity index (χ0v) is 34.2. The van der Waals surface area contributed by atoms with Gasteiger partial charge in [0, 0.05) is 6.20 Å². The van der Waals surface area contributed by atoms with Gasteiger partial charge < -0.3 is 0 Å². The molecule has 0 saturated heterocycles. The van der Waals surface area contributed by atoms with Crippen LogP contribution in [-0.4, -0.2) is 20.7 Å². The number of hydrogen-bond donors (Lipinski definition) is 0. The Morgan fingerprint density at radius 2 is 1.19 bits per heavy atom. The van der Waals surface area contributed by atoms with Crippen molar-refractivity contribution in [2.45, 2.75) is 19.8 Å². The van der Waals surface area contributed by atoms with Crippen LogP contribution in [0.15, 0.2) is 176 Å². The van der Waals surface area contributed by atoms with Crippen molar-refractivity contribution < 1.29 is 24.1 Å². The van der Waals surface area contributed by atoms with E-state index in [1.807, 2.05) is 24.4 Å². The molecule has 6 heteroatoms. The maximum absolute atomic E-state index is 6.79. The Kier molecular flexibility index (Phi) is 9.53. The molecule has 1 aliphatic rings.